The van der Waals surface area contributed by atoms with Gasteiger partial charge in [-0.1, -0.05) is 35.9 Å². The maximum absolute atomic E-state index is 12.2. The minimum absolute atomic E-state index is 0.274. The molecular formula is C14H15NO2S. The summed E-state index contributed by atoms with van der Waals surface area (Å²) in [6.07, 6.45) is 0. The van der Waals surface area contributed by atoms with E-state index in [2.05, 4.69) is 4.72 Å². The molecule has 0 bridgehead atoms. The highest BCUT2D eigenvalue weighted by atomic mass is 32.2. The molecule has 2 aromatic carbocycles. The van der Waals surface area contributed by atoms with Crippen molar-refractivity contribution in [3.8, 4) is 0 Å². The average Bonchev–Trinajstić information content (AvgIpc) is 2.32. The van der Waals surface area contributed by atoms with Crippen LogP contribution in [-0.4, -0.2) is 8.42 Å². The summed E-state index contributed by atoms with van der Waals surface area (Å²) < 4.78 is 26.9. The molecule has 0 aliphatic heterocycles. The summed E-state index contributed by atoms with van der Waals surface area (Å²) in [5, 5.41) is 0. The van der Waals surface area contributed by atoms with Crippen LogP contribution >= 0.6 is 0 Å². The summed E-state index contributed by atoms with van der Waals surface area (Å²) in [4.78, 5) is 0.274. The number of nitrogens with one attached hydrogen (secondary N) is 1. The van der Waals surface area contributed by atoms with Crippen molar-refractivity contribution >= 4 is 15.7 Å². The number of hydrogen-bond donors (Lipinski definition) is 1. The second-order valence-electron chi connectivity index (χ2n) is 4.23. The lowest BCUT2D eigenvalue weighted by Crippen LogP contribution is -2.13. The summed E-state index contributed by atoms with van der Waals surface area (Å²) in [5.74, 6) is 0. The number of hydrogen-bond acceptors (Lipinski definition) is 2. The molecule has 0 unspecified atom stereocenters. The fourth-order valence-electron chi connectivity index (χ4n) is 1.61. The molecule has 0 heterocycles. The van der Waals surface area contributed by atoms with Gasteiger partial charge in [0.05, 0.1) is 10.6 Å². The molecule has 2 rings (SSSR count). The minimum atomic E-state index is -3.50. The Kier molecular flexibility index (Phi) is 3.39. The lowest BCUT2D eigenvalue weighted by molar-refractivity contribution is 0.601. The predicted molar refractivity (Wildman–Crippen MR) is 73.2 cm³/mol. The lowest BCUT2D eigenvalue weighted by Gasteiger charge is -2.10. The zero-order valence-corrected chi connectivity index (χ0v) is 11.2. The Bertz CT molecular complexity index is 646. The molecule has 0 saturated carbocycles. The van der Waals surface area contributed by atoms with Gasteiger partial charge >= 0.3 is 0 Å². The quantitative estimate of drug-likeness (QED) is 0.922. The van der Waals surface area contributed by atoms with Crippen LogP contribution in [0.3, 0.4) is 0 Å². The normalized spacial score (nSPS) is 11.2. The molecule has 0 atom stereocenters. The largest absolute Gasteiger partial charge is 0.279 e. The van der Waals surface area contributed by atoms with Crippen molar-refractivity contribution in [3.05, 3.63) is 59.7 Å². The first-order chi connectivity index (χ1) is 8.49. The Morgan fingerprint density at radius 3 is 2.11 bits per heavy atom. The Morgan fingerprint density at radius 1 is 0.889 bits per heavy atom. The second kappa shape index (κ2) is 4.82. The third-order valence-electron chi connectivity index (χ3n) is 2.72. The fraction of sp³-hybridized carbons (Fsp3) is 0.143. The summed E-state index contributed by atoms with van der Waals surface area (Å²) >= 11 is 0. The molecule has 1 N–H and O–H groups in total. The van der Waals surface area contributed by atoms with Crippen LogP contribution in [0.5, 0.6) is 0 Å². The van der Waals surface area contributed by atoms with E-state index >= 15 is 0 Å². The van der Waals surface area contributed by atoms with Crippen LogP contribution < -0.4 is 4.72 Å². The second-order valence-corrected chi connectivity index (χ2v) is 5.92. The molecule has 18 heavy (non-hydrogen) atoms. The molecule has 0 aliphatic carbocycles. The molecular weight excluding hydrogens is 246 g/mol. The molecule has 0 aliphatic rings. The van der Waals surface area contributed by atoms with E-state index in [0.29, 0.717) is 5.69 Å². The number of benzene rings is 2. The SMILES string of the molecule is Cc1ccc(S(=O)(=O)Nc2ccccc2C)cc1. The molecule has 0 fully saturated rings. The van der Waals surface area contributed by atoms with E-state index in [0.717, 1.165) is 11.1 Å². The zero-order valence-electron chi connectivity index (χ0n) is 10.3. The van der Waals surface area contributed by atoms with E-state index < -0.39 is 10.0 Å². The molecule has 94 valence electrons. The van der Waals surface area contributed by atoms with E-state index in [1.807, 2.05) is 26.0 Å². The van der Waals surface area contributed by atoms with Crippen LogP contribution in [-0.2, 0) is 10.0 Å². The summed E-state index contributed by atoms with van der Waals surface area (Å²) in [6, 6.07) is 14.1. The standard InChI is InChI=1S/C14H15NO2S/c1-11-7-9-13(10-8-11)18(16,17)15-14-6-4-3-5-12(14)2/h3-10,15H,1-2H3. The zero-order chi connectivity index (χ0) is 13.2. The molecule has 0 saturated heterocycles. The Balaban J connectivity index is 2.33. The van der Waals surface area contributed by atoms with Gasteiger partial charge < -0.3 is 0 Å². The topological polar surface area (TPSA) is 46.2 Å². The highest BCUT2D eigenvalue weighted by Gasteiger charge is 2.14. The summed E-state index contributed by atoms with van der Waals surface area (Å²) in [7, 11) is -3.50. The van der Waals surface area contributed by atoms with Gasteiger partial charge in [0.15, 0.2) is 0 Å². The van der Waals surface area contributed by atoms with Crippen LogP contribution in [0.4, 0.5) is 5.69 Å². The highest BCUT2D eigenvalue weighted by Crippen LogP contribution is 2.19. The van der Waals surface area contributed by atoms with E-state index in [1.54, 1.807) is 36.4 Å². The first-order valence-corrected chi connectivity index (χ1v) is 7.12. The van der Waals surface area contributed by atoms with E-state index in [1.165, 1.54) is 0 Å². The van der Waals surface area contributed by atoms with Gasteiger partial charge in [0.2, 0.25) is 0 Å². The van der Waals surface area contributed by atoms with Gasteiger partial charge in [0.25, 0.3) is 10.0 Å². The van der Waals surface area contributed by atoms with E-state index in [-0.39, 0.29) is 4.90 Å². The van der Waals surface area contributed by atoms with Crippen LogP contribution in [0.2, 0.25) is 0 Å². The van der Waals surface area contributed by atoms with Crippen molar-refractivity contribution in [1.82, 2.24) is 0 Å². The first-order valence-electron chi connectivity index (χ1n) is 5.64. The Hall–Kier alpha value is -1.81. The summed E-state index contributed by atoms with van der Waals surface area (Å²) in [6.45, 7) is 3.79. The highest BCUT2D eigenvalue weighted by molar-refractivity contribution is 7.92. The van der Waals surface area contributed by atoms with Gasteiger partial charge in [-0.15, -0.1) is 0 Å². The van der Waals surface area contributed by atoms with Crippen LogP contribution in [0.15, 0.2) is 53.4 Å². The fourth-order valence-corrected chi connectivity index (χ4v) is 2.74. The third-order valence-corrected chi connectivity index (χ3v) is 4.10. The molecule has 4 heteroatoms. The average molecular weight is 261 g/mol. The maximum Gasteiger partial charge on any atom is 0.261 e. The molecule has 0 radical (unpaired) electrons. The maximum atomic E-state index is 12.2. The number of sulfonamides is 1. The van der Waals surface area contributed by atoms with Gasteiger partial charge in [-0.2, -0.15) is 0 Å². The van der Waals surface area contributed by atoms with Crippen molar-refractivity contribution < 1.29 is 8.42 Å². The number of aryl methyl sites for hydroxylation is 2. The van der Waals surface area contributed by atoms with Crippen molar-refractivity contribution in [3.63, 3.8) is 0 Å². The van der Waals surface area contributed by atoms with E-state index in [4.69, 9.17) is 0 Å². The number of para-hydroxylation sites is 1. The Labute approximate surface area is 108 Å². The first kappa shape index (κ1) is 12.6. The van der Waals surface area contributed by atoms with Gasteiger partial charge in [-0.3, -0.25) is 4.72 Å². The van der Waals surface area contributed by atoms with Gasteiger partial charge in [-0.05, 0) is 37.6 Å². The molecule has 3 nitrogen and oxygen atoms in total. The van der Waals surface area contributed by atoms with Gasteiger partial charge in [0.1, 0.15) is 0 Å². The van der Waals surface area contributed by atoms with Crippen molar-refractivity contribution in [1.29, 1.82) is 0 Å². The lowest BCUT2D eigenvalue weighted by atomic mass is 10.2. The van der Waals surface area contributed by atoms with Crippen LogP contribution in [0.1, 0.15) is 11.1 Å². The smallest absolute Gasteiger partial charge is 0.261 e. The van der Waals surface area contributed by atoms with Crippen molar-refractivity contribution in [2.45, 2.75) is 18.7 Å². The van der Waals surface area contributed by atoms with Crippen molar-refractivity contribution in [2.24, 2.45) is 0 Å². The van der Waals surface area contributed by atoms with Gasteiger partial charge in [0, 0.05) is 0 Å². The monoisotopic (exact) mass is 261 g/mol. The number of rotatable bonds is 3. The number of anilines is 1. The van der Waals surface area contributed by atoms with Crippen LogP contribution in [0, 0.1) is 13.8 Å². The molecule has 0 aromatic heterocycles. The molecule has 2 aromatic rings. The van der Waals surface area contributed by atoms with Crippen LogP contribution in [0.25, 0.3) is 0 Å². The Morgan fingerprint density at radius 2 is 1.50 bits per heavy atom. The molecule has 0 amide bonds. The van der Waals surface area contributed by atoms with Crippen molar-refractivity contribution in [2.75, 3.05) is 4.72 Å². The van der Waals surface area contributed by atoms with Gasteiger partial charge in [-0.25, -0.2) is 8.42 Å². The summed E-state index contributed by atoms with van der Waals surface area (Å²) in [5.41, 5.74) is 2.54. The third kappa shape index (κ3) is 2.71. The molecule has 0 spiro atoms. The minimum Gasteiger partial charge on any atom is -0.279 e. The van der Waals surface area contributed by atoms with E-state index in [9.17, 15) is 8.42 Å². The predicted octanol–water partition coefficient (Wildman–Crippen LogP) is 3.10.